The van der Waals surface area contributed by atoms with Crippen molar-refractivity contribution >= 4 is 11.9 Å². The Kier molecular flexibility index (Phi) is 5.93. The van der Waals surface area contributed by atoms with Gasteiger partial charge in [0.05, 0.1) is 13.7 Å². The summed E-state index contributed by atoms with van der Waals surface area (Å²) in [5.41, 5.74) is 0. The smallest absolute Gasteiger partial charge is 0.373 e. The van der Waals surface area contributed by atoms with Crippen LogP contribution in [0.4, 0.5) is 0 Å². The quantitative estimate of drug-likeness (QED) is 0.552. The molecule has 18 heavy (non-hydrogen) atoms. The van der Waals surface area contributed by atoms with Crippen LogP contribution in [0.5, 0.6) is 0 Å². The van der Waals surface area contributed by atoms with Gasteiger partial charge in [0, 0.05) is 19.5 Å². The molecular formula is C12H18N2O4. The van der Waals surface area contributed by atoms with E-state index in [1.807, 2.05) is 6.92 Å². The molecule has 1 aromatic heterocycles. The van der Waals surface area contributed by atoms with E-state index >= 15 is 0 Å². The maximum atomic E-state index is 11.2. The number of carbonyl (C=O) groups is 2. The highest BCUT2D eigenvalue weighted by Crippen LogP contribution is 2.08. The number of ether oxygens (including phenoxy) is 1. The highest BCUT2D eigenvalue weighted by atomic mass is 16.5. The van der Waals surface area contributed by atoms with E-state index in [0.717, 1.165) is 0 Å². The zero-order chi connectivity index (χ0) is 13.4. The van der Waals surface area contributed by atoms with Gasteiger partial charge in [-0.3, -0.25) is 4.79 Å². The molecule has 0 aliphatic rings. The zero-order valence-electron chi connectivity index (χ0n) is 10.6. The van der Waals surface area contributed by atoms with Gasteiger partial charge < -0.3 is 19.8 Å². The van der Waals surface area contributed by atoms with Gasteiger partial charge >= 0.3 is 5.97 Å². The first kappa shape index (κ1) is 14.2. The Morgan fingerprint density at radius 3 is 2.83 bits per heavy atom. The highest BCUT2D eigenvalue weighted by Gasteiger charge is 2.10. The van der Waals surface area contributed by atoms with Gasteiger partial charge in [-0.25, -0.2) is 4.79 Å². The first-order valence-electron chi connectivity index (χ1n) is 5.81. The monoisotopic (exact) mass is 254 g/mol. The second kappa shape index (κ2) is 7.50. The molecule has 6 nitrogen and oxygen atoms in total. The van der Waals surface area contributed by atoms with Gasteiger partial charge in [-0.2, -0.15) is 0 Å². The number of esters is 1. The minimum absolute atomic E-state index is 0.0136. The number of carbonyl (C=O) groups excluding carboxylic acids is 2. The molecule has 1 rings (SSSR count). The molecule has 0 aliphatic carbocycles. The fourth-order valence-electron chi connectivity index (χ4n) is 1.38. The lowest BCUT2D eigenvalue weighted by Gasteiger charge is -2.03. The van der Waals surface area contributed by atoms with E-state index in [1.165, 1.54) is 7.11 Å². The van der Waals surface area contributed by atoms with Crippen LogP contribution in [0.2, 0.25) is 0 Å². The molecular weight excluding hydrogens is 236 g/mol. The Morgan fingerprint density at radius 2 is 2.17 bits per heavy atom. The van der Waals surface area contributed by atoms with Crippen molar-refractivity contribution in [2.24, 2.45) is 0 Å². The van der Waals surface area contributed by atoms with E-state index in [9.17, 15) is 9.59 Å². The molecule has 100 valence electrons. The summed E-state index contributed by atoms with van der Waals surface area (Å²) in [7, 11) is 1.30. The first-order chi connectivity index (χ1) is 8.67. The predicted molar refractivity (Wildman–Crippen MR) is 65.1 cm³/mol. The van der Waals surface area contributed by atoms with Gasteiger partial charge in [0.25, 0.3) is 0 Å². The summed E-state index contributed by atoms with van der Waals surface area (Å²) in [5.74, 6) is 0.326. The maximum absolute atomic E-state index is 11.2. The molecule has 1 heterocycles. The molecule has 0 bridgehead atoms. The summed E-state index contributed by atoms with van der Waals surface area (Å²) < 4.78 is 9.78. The lowest BCUT2D eigenvalue weighted by molar-refractivity contribution is -0.120. The number of amides is 1. The van der Waals surface area contributed by atoms with Crippen LogP contribution in [0, 0.1) is 0 Å². The van der Waals surface area contributed by atoms with Gasteiger partial charge in [0.15, 0.2) is 0 Å². The van der Waals surface area contributed by atoms with Crippen LogP contribution in [-0.4, -0.2) is 32.1 Å². The maximum Gasteiger partial charge on any atom is 0.373 e. The van der Waals surface area contributed by atoms with E-state index in [4.69, 9.17) is 4.42 Å². The molecule has 0 radical (unpaired) electrons. The van der Waals surface area contributed by atoms with Crippen LogP contribution in [0.1, 0.15) is 29.7 Å². The lowest BCUT2D eigenvalue weighted by Crippen LogP contribution is -2.27. The summed E-state index contributed by atoms with van der Waals surface area (Å²) in [6, 6.07) is 3.26. The van der Waals surface area contributed by atoms with Gasteiger partial charge in [-0.1, -0.05) is 0 Å². The summed E-state index contributed by atoms with van der Waals surface area (Å²) in [5, 5.41) is 5.76. The largest absolute Gasteiger partial charge is 0.463 e. The fourth-order valence-corrected chi connectivity index (χ4v) is 1.38. The van der Waals surface area contributed by atoms with Gasteiger partial charge in [-0.05, 0) is 19.1 Å². The average molecular weight is 254 g/mol. The number of hydrogen-bond donors (Lipinski definition) is 2. The van der Waals surface area contributed by atoms with Crippen molar-refractivity contribution in [1.82, 2.24) is 10.6 Å². The SMILES string of the molecule is CCNC(=O)CCNCc1ccc(C(=O)OC)o1. The molecule has 2 N–H and O–H groups in total. The lowest BCUT2D eigenvalue weighted by atomic mass is 10.3. The Morgan fingerprint density at radius 1 is 1.39 bits per heavy atom. The molecule has 0 aromatic carbocycles. The van der Waals surface area contributed by atoms with Crippen molar-refractivity contribution in [3.05, 3.63) is 23.7 Å². The normalized spacial score (nSPS) is 10.1. The number of rotatable bonds is 7. The van der Waals surface area contributed by atoms with Gasteiger partial charge in [-0.15, -0.1) is 0 Å². The fraction of sp³-hybridized carbons (Fsp3) is 0.500. The standard InChI is InChI=1S/C12H18N2O4/c1-3-14-11(15)6-7-13-8-9-4-5-10(18-9)12(16)17-2/h4-5,13H,3,6-8H2,1-2H3,(H,14,15). The third kappa shape index (κ3) is 4.58. The van der Waals surface area contributed by atoms with E-state index in [-0.39, 0.29) is 11.7 Å². The summed E-state index contributed by atoms with van der Waals surface area (Å²) in [4.78, 5) is 22.3. The van der Waals surface area contributed by atoms with E-state index in [1.54, 1.807) is 12.1 Å². The minimum Gasteiger partial charge on any atom is -0.463 e. The minimum atomic E-state index is -0.497. The third-order valence-corrected chi connectivity index (χ3v) is 2.25. The van der Waals surface area contributed by atoms with Crippen LogP contribution in [0.3, 0.4) is 0 Å². The number of methoxy groups -OCH3 is 1. The second-order valence-electron chi connectivity index (χ2n) is 3.64. The molecule has 1 aromatic rings. The Hall–Kier alpha value is -1.82. The van der Waals surface area contributed by atoms with Crippen molar-refractivity contribution in [2.45, 2.75) is 19.9 Å². The number of furan rings is 1. The summed E-state index contributed by atoms with van der Waals surface area (Å²) in [6.07, 6.45) is 0.415. The van der Waals surface area contributed by atoms with Gasteiger partial charge in [0.1, 0.15) is 5.76 Å². The zero-order valence-corrected chi connectivity index (χ0v) is 10.6. The molecule has 1 amide bonds. The molecule has 6 heteroatoms. The second-order valence-corrected chi connectivity index (χ2v) is 3.64. The molecule has 0 atom stereocenters. The Balaban J connectivity index is 2.25. The molecule has 0 fully saturated rings. The summed E-state index contributed by atoms with van der Waals surface area (Å²) >= 11 is 0. The Labute approximate surface area is 106 Å². The van der Waals surface area contributed by atoms with E-state index < -0.39 is 5.97 Å². The van der Waals surface area contributed by atoms with Crippen LogP contribution >= 0.6 is 0 Å². The van der Waals surface area contributed by atoms with Crippen molar-refractivity contribution in [2.75, 3.05) is 20.2 Å². The first-order valence-corrected chi connectivity index (χ1v) is 5.81. The molecule has 0 saturated heterocycles. The average Bonchev–Trinajstić information content (AvgIpc) is 2.83. The number of hydrogen-bond acceptors (Lipinski definition) is 5. The molecule has 0 spiro atoms. The van der Waals surface area contributed by atoms with Crippen molar-refractivity contribution in [3.8, 4) is 0 Å². The Bertz CT molecular complexity index is 401. The third-order valence-electron chi connectivity index (χ3n) is 2.25. The van der Waals surface area contributed by atoms with Crippen LogP contribution in [0.25, 0.3) is 0 Å². The topological polar surface area (TPSA) is 80.6 Å². The van der Waals surface area contributed by atoms with E-state index in [2.05, 4.69) is 15.4 Å². The van der Waals surface area contributed by atoms with Crippen molar-refractivity contribution < 1.29 is 18.7 Å². The van der Waals surface area contributed by atoms with Crippen LogP contribution < -0.4 is 10.6 Å². The number of nitrogens with one attached hydrogen (secondary N) is 2. The van der Waals surface area contributed by atoms with Gasteiger partial charge in [0.2, 0.25) is 11.7 Å². The summed E-state index contributed by atoms with van der Waals surface area (Å²) in [6.45, 7) is 3.54. The molecule has 0 unspecified atom stereocenters. The van der Waals surface area contributed by atoms with Crippen LogP contribution in [0.15, 0.2) is 16.5 Å². The highest BCUT2D eigenvalue weighted by molar-refractivity contribution is 5.86. The van der Waals surface area contributed by atoms with Crippen molar-refractivity contribution in [3.63, 3.8) is 0 Å². The van der Waals surface area contributed by atoms with Crippen LogP contribution in [-0.2, 0) is 16.1 Å². The molecule has 0 saturated carbocycles. The predicted octanol–water partition coefficient (Wildman–Crippen LogP) is 0.682. The molecule has 0 aliphatic heterocycles. The van der Waals surface area contributed by atoms with Crippen molar-refractivity contribution in [1.29, 1.82) is 0 Å². The van der Waals surface area contributed by atoms with E-state index in [0.29, 0.717) is 31.8 Å².